The molecule has 3 fully saturated rings. The predicted octanol–water partition coefficient (Wildman–Crippen LogP) is 2.23. The molecule has 11 N–H and O–H groups in total. The van der Waals surface area contributed by atoms with Crippen LogP contribution in [0.15, 0.2) is 159 Å². The van der Waals surface area contributed by atoms with Gasteiger partial charge in [-0.25, -0.2) is 4.79 Å². The second kappa shape index (κ2) is 17.0. The van der Waals surface area contributed by atoms with Gasteiger partial charge in [0.25, 0.3) is 5.78 Å². The highest BCUT2D eigenvalue weighted by Crippen LogP contribution is 2.40. The van der Waals surface area contributed by atoms with Crippen molar-refractivity contribution in [3.8, 4) is 0 Å². The summed E-state index contributed by atoms with van der Waals surface area (Å²) < 4.78 is 11.9. The molecule has 14 nitrogen and oxygen atoms in total. The van der Waals surface area contributed by atoms with Crippen LogP contribution in [0.5, 0.6) is 0 Å². The molecule has 5 atom stereocenters. The van der Waals surface area contributed by atoms with E-state index in [9.17, 15) is 24.6 Å². The largest absolute Gasteiger partial charge is 0.475 e. The Kier molecular flexibility index (Phi) is 12.5. The lowest BCUT2D eigenvalue weighted by Gasteiger charge is -2.26. The fourth-order valence-corrected chi connectivity index (χ4v) is 5.20. The maximum Gasteiger partial charge on any atom is 0.377 e. The number of aliphatic hydroxyl groups excluding tert-OH is 1. The van der Waals surface area contributed by atoms with E-state index in [1.807, 2.05) is 54.6 Å². The van der Waals surface area contributed by atoms with Crippen molar-refractivity contribution in [3.63, 3.8) is 0 Å². The van der Waals surface area contributed by atoms with Crippen molar-refractivity contribution in [2.24, 2.45) is 11.5 Å². The lowest BCUT2D eigenvalue weighted by atomic mass is 10.0. The van der Waals surface area contributed by atoms with Crippen molar-refractivity contribution in [2.45, 2.75) is 30.2 Å². The third-order valence-corrected chi connectivity index (χ3v) is 7.53. The summed E-state index contributed by atoms with van der Waals surface area (Å²) in [5.41, 5.74) is 9.18. The maximum atomic E-state index is 12.6. The molecule has 0 aliphatic carbocycles. The number of benzene rings is 4. The van der Waals surface area contributed by atoms with Crippen molar-refractivity contribution >= 4 is 17.5 Å². The molecule has 3 heterocycles. The highest BCUT2D eigenvalue weighted by molar-refractivity contribution is 6.39. The Morgan fingerprint density at radius 2 is 1.13 bits per heavy atom. The molecule has 52 heavy (non-hydrogen) atoms. The van der Waals surface area contributed by atoms with Gasteiger partial charge in [-0.2, -0.15) is 0 Å². The number of carboxylic acid groups (broad SMARTS) is 1. The number of rotatable bonds is 6. The zero-order valence-corrected chi connectivity index (χ0v) is 27.9. The molecule has 0 bridgehead atoms. The van der Waals surface area contributed by atoms with Crippen LogP contribution in [-0.4, -0.2) is 51.6 Å². The normalized spacial score (nSPS) is 23.5. The van der Waals surface area contributed by atoms with Gasteiger partial charge in [0, 0.05) is 22.3 Å². The molecule has 3 saturated heterocycles. The monoisotopic (exact) mass is 708 g/mol. The topological polar surface area (TPSA) is 231 Å². The van der Waals surface area contributed by atoms with Gasteiger partial charge < -0.3 is 57.5 Å². The van der Waals surface area contributed by atoms with Crippen molar-refractivity contribution in [1.82, 2.24) is 21.3 Å². The number of carbonyl (C=O) groups is 3. The number of nitrogens with one attached hydrogen (secondary N) is 4. The average Bonchev–Trinajstić information content (AvgIpc) is 3.76. The van der Waals surface area contributed by atoms with E-state index in [2.05, 4.69) is 41.0 Å². The molecule has 3 aliphatic rings. The molecule has 0 amide bonds. The Bertz CT molecular complexity index is 1880. The number of fused-ring (bicyclic) bond motifs is 1. The summed E-state index contributed by atoms with van der Waals surface area (Å²) in [7, 11) is 0. The molecule has 5 unspecified atom stereocenters. The number of carbonyl (C=O) groups excluding carboxylic acids is 2. The molecule has 4 aromatic rings. The Labute approximate surface area is 300 Å². The van der Waals surface area contributed by atoms with Crippen LogP contribution in [0, 0.1) is 0 Å². The first kappa shape index (κ1) is 38.4. The molecular formula is C38H40N6O8. The van der Waals surface area contributed by atoms with E-state index in [1.54, 1.807) is 54.6 Å². The lowest BCUT2D eigenvalue weighted by Crippen LogP contribution is -2.46. The summed E-state index contributed by atoms with van der Waals surface area (Å²) in [6.07, 6.45) is -2.58. The number of hydrogen-bond donors (Lipinski definition) is 9. The van der Waals surface area contributed by atoms with Gasteiger partial charge in [-0.3, -0.25) is 9.59 Å². The van der Waals surface area contributed by atoms with E-state index in [-0.39, 0.29) is 17.2 Å². The van der Waals surface area contributed by atoms with Crippen molar-refractivity contribution in [1.29, 1.82) is 0 Å². The van der Waals surface area contributed by atoms with Gasteiger partial charge in [-0.1, -0.05) is 141 Å². The molecule has 0 radical (unpaired) electrons. The third-order valence-electron chi connectivity index (χ3n) is 7.53. The molecule has 4 aromatic carbocycles. The Morgan fingerprint density at radius 1 is 0.692 bits per heavy atom. The van der Waals surface area contributed by atoms with E-state index in [0.29, 0.717) is 22.8 Å². The number of nitrogens with two attached hydrogens (primary N) is 2. The van der Waals surface area contributed by atoms with E-state index >= 15 is 0 Å². The van der Waals surface area contributed by atoms with Gasteiger partial charge in [0.15, 0.2) is 12.5 Å². The van der Waals surface area contributed by atoms with Crippen LogP contribution < -0.4 is 32.7 Å². The molecular weight excluding hydrogens is 668 g/mol. The second-order valence-electron chi connectivity index (χ2n) is 11.4. The first-order valence-corrected chi connectivity index (χ1v) is 15.7. The number of ketones is 2. The average molecular weight is 709 g/mol. The van der Waals surface area contributed by atoms with Crippen LogP contribution in [0.1, 0.15) is 31.8 Å². The first-order chi connectivity index (χ1) is 24.8. The first-order valence-electron chi connectivity index (χ1n) is 15.7. The Hall–Kier alpha value is -6.45. The van der Waals surface area contributed by atoms with Gasteiger partial charge in [-0.05, 0) is 0 Å². The van der Waals surface area contributed by atoms with Crippen LogP contribution in [0.2, 0.25) is 0 Å². The molecule has 14 heteroatoms. The van der Waals surface area contributed by atoms with Gasteiger partial charge in [0.05, 0.1) is 17.5 Å². The van der Waals surface area contributed by atoms with Crippen LogP contribution in [-0.2, 0) is 25.7 Å². The number of Topliss-reactive ketones (excluding diaryl/α,β-unsaturated/α-hetero) is 2. The van der Waals surface area contributed by atoms with Crippen molar-refractivity contribution in [2.75, 3.05) is 0 Å². The maximum absolute atomic E-state index is 12.6. The minimum atomic E-state index is -1.49. The molecule has 7 rings (SSSR count). The summed E-state index contributed by atoms with van der Waals surface area (Å²) in [4.78, 5) is 33.5. The number of aliphatic hydroxyl groups is 2. The highest BCUT2D eigenvalue weighted by Gasteiger charge is 2.57. The molecule has 0 spiro atoms. The molecule has 3 aliphatic heterocycles. The van der Waals surface area contributed by atoms with Gasteiger partial charge in [0.2, 0.25) is 23.5 Å². The number of aliphatic carboxylic acids is 1. The number of ether oxygens (including phenoxy) is 2. The fourth-order valence-electron chi connectivity index (χ4n) is 5.20. The van der Waals surface area contributed by atoms with Gasteiger partial charge in [0.1, 0.15) is 0 Å². The predicted molar refractivity (Wildman–Crippen MR) is 192 cm³/mol. The third kappa shape index (κ3) is 9.21. The Balaban J connectivity index is 0.000000178. The standard InChI is InChI=1S/C18H16N2O3.C10H12N2O2.C8H6O3.C2H6N2/c1-12-19-17-18(20-12,14-10-6-3-7-11-14)23-16(22-17)15(21)13-8-4-2-5-9-13;1-7-11-9(13)10(14,12-7)8-5-3-2-4-6-8;9-7(8(10)11)6-4-2-1-3-5-6;1-2(3)4/h2-11,16-17,19-20H,1H2;2-6,9,11-14H,1H2;1-5H,(H,10,11);1,3-4H2. The zero-order chi connectivity index (χ0) is 37.9. The van der Waals surface area contributed by atoms with E-state index in [0.717, 1.165) is 5.56 Å². The van der Waals surface area contributed by atoms with Crippen LogP contribution in [0.25, 0.3) is 0 Å². The van der Waals surface area contributed by atoms with Crippen molar-refractivity contribution in [3.05, 3.63) is 181 Å². The number of hydrogen-bond acceptors (Lipinski definition) is 13. The SMILES string of the molecule is C=C(N)N.C=C1NC(O)C(O)(c2ccccc2)N1.C=C1NC2OC(C(=O)c3ccccc3)OC2(c2ccccc2)N1.O=C(O)C(=O)c1ccccc1. The highest BCUT2D eigenvalue weighted by atomic mass is 16.8. The quantitative estimate of drug-likeness (QED) is 0.103. The van der Waals surface area contributed by atoms with Crippen LogP contribution >= 0.6 is 0 Å². The fraction of sp³-hybridized carbons (Fsp3) is 0.132. The summed E-state index contributed by atoms with van der Waals surface area (Å²) in [5, 5.41) is 39.6. The van der Waals surface area contributed by atoms with E-state index in [1.165, 1.54) is 12.1 Å². The Morgan fingerprint density at radius 3 is 1.60 bits per heavy atom. The van der Waals surface area contributed by atoms with E-state index in [4.69, 9.17) is 26.0 Å². The number of carboxylic acids is 1. The summed E-state index contributed by atoms with van der Waals surface area (Å²) in [6.45, 7) is 10.6. The second-order valence-corrected chi connectivity index (χ2v) is 11.4. The summed E-state index contributed by atoms with van der Waals surface area (Å²) >= 11 is 0. The molecule has 0 aromatic heterocycles. The molecule has 270 valence electrons. The van der Waals surface area contributed by atoms with E-state index < -0.39 is 41.9 Å². The van der Waals surface area contributed by atoms with Crippen LogP contribution in [0.3, 0.4) is 0 Å². The van der Waals surface area contributed by atoms with Gasteiger partial charge >= 0.3 is 5.97 Å². The molecule has 0 saturated carbocycles. The minimum absolute atomic E-state index is 0.167. The summed E-state index contributed by atoms with van der Waals surface area (Å²) in [6, 6.07) is 35.4. The van der Waals surface area contributed by atoms with Crippen molar-refractivity contribution < 1.29 is 39.2 Å². The smallest absolute Gasteiger partial charge is 0.377 e. The van der Waals surface area contributed by atoms with Gasteiger partial charge in [-0.15, -0.1) is 0 Å². The minimum Gasteiger partial charge on any atom is -0.475 e. The zero-order valence-electron chi connectivity index (χ0n) is 27.9. The van der Waals surface area contributed by atoms with Crippen LogP contribution in [0.4, 0.5) is 0 Å². The lowest BCUT2D eigenvalue weighted by molar-refractivity contribution is -0.131. The summed E-state index contributed by atoms with van der Waals surface area (Å²) in [5.74, 6) is -1.32.